The second kappa shape index (κ2) is 10.1. The fourth-order valence-corrected chi connectivity index (χ4v) is 4.19. The van der Waals surface area contributed by atoms with Crippen LogP contribution in [-0.2, 0) is 11.2 Å². The first-order valence-corrected chi connectivity index (χ1v) is 10.8. The maximum absolute atomic E-state index is 13.4. The molecule has 0 amide bonds. The van der Waals surface area contributed by atoms with Gasteiger partial charge in [-0.1, -0.05) is 11.2 Å². The first kappa shape index (κ1) is 21.6. The normalized spacial score (nSPS) is 15.5. The lowest BCUT2D eigenvalue weighted by Crippen LogP contribution is -2.34. The molecular weight excluding hydrogens is 399 g/mol. The van der Waals surface area contributed by atoms with Gasteiger partial charge in [-0.2, -0.15) is 0 Å². The molecule has 0 unspecified atom stereocenters. The lowest BCUT2D eigenvalue weighted by molar-refractivity contribution is 0.189. The third kappa shape index (κ3) is 5.35. The van der Waals surface area contributed by atoms with Crippen LogP contribution in [0.15, 0.2) is 40.9 Å². The van der Waals surface area contributed by atoms with Crippen LogP contribution in [0.3, 0.4) is 0 Å². The van der Waals surface area contributed by atoms with Crippen molar-refractivity contribution in [2.45, 2.75) is 31.6 Å². The van der Waals surface area contributed by atoms with Gasteiger partial charge in [0.05, 0.1) is 18.9 Å². The van der Waals surface area contributed by atoms with Gasteiger partial charge >= 0.3 is 0 Å². The molecule has 0 radical (unpaired) electrons. The fraction of sp³-hybridized carbons (Fsp3) is 0.458. The molecule has 1 fully saturated rings. The third-order valence-electron chi connectivity index (χ3n) is 5.93. The van der Waals surface area contributed by atoms with E-state index < -0.39 is 0 Å². The number of aromatic nitrogens is 1. The molecule has 0 spiro atoms. The Morgan fingerprint density at radius 2 is 2.00 bits per heavy atom. The van der Waals surface area contributed by atoms with E-state index in [1.54, 1.807) is 19.2 Å². The van der Waals surface area contributed by atoms with Crippen molar-refractivity contribution in [3.05, 3.63) is 53.5 Å². The summed E-state index contributed by atoms with van der Waals surface area (Å²) in [5.74, 6) is 0.735. The number of piperidine rings is 1. The molecule has 31 heavy (non-hydrogen) atoms. The van der Waals surface area contributed by atoms with Gasteiger partial charge in [0, 0.05) is 31.0 Å². The van der Waals surface area contributed by atoms with Crippen LogP contribution in [-0.4, -0.2) is 55.1 Å². The number of methoxy groups -OCH3 is 1. The second-order valence-electron chi connectivity index (χ2n) is 8.07. The van der Waals surface area contributed by atoms with E-state index in [1.807, 2.05) is 12.1 Å². The Bertz CT molecular complexity index is 998. The highest BCUT2D eigenvalue weighted by Crippen LogP contribution is 2.33. The highest BCUT2D eigenvalue weighted by atomic mass is 19.1. The van der Waals surface area contributed by atoms with Gasteiger partial charge in [0.2, 0.25) is 0 Å². The van der Waals surface area contributed by atoms with E-state index in [1.165, 1.54) is 12.1 Å². The minimum Gasteiger partial charge on any atom is -0.504 e. The van der Waals surface area contributed by atoms with E-state index in [4.69, 9.17) is 14.0 Å². The summed E-state index contributed by atoms with van der Waals surface area (Å²) in [6.07, 6.45) is 3.66. The number of phenols is 1. The number of aromatic hydroxyl groups is 1. The van der Waals surface area contributed by atoms with Gasteiger partial charge in [0.15, 0.2) is 17.1 Å². The Morgan fingerprint density at radius 3 is 2.77 bits per heavy atom. The first-order valence-electron chi connectivity index (χ1n) is 10.8. The lowest BCUT2D eigenvalue weighted by atomic mass is 9.91. The number of nitrogens with zero attached hydrogens (tertiary/aromatic N) is 2. The van der Waals surface area contributed by atoms with Crippen LogP contribution in [0.5, 0.6) is 11.5 Å². The van der Waals surface area contributed by atoms with Crippen molar-refractivity contribution in [3.63, 3.8) is 0 Å². The number of hydrogen-bond donors (Lipinski definition) is 1. The molecule has 1 saturated heterocycles. The molecule has 0 atom stereocenters. The molecule has 6 nitrogen and oxygen atoms in total. The number of rotatable bonds is 9. The zero-order chi connectivity index (χ0) is 21.6. The first-order chi connectivity index (χ1) is 15.1. The van der Waals surface area contributed by atoms with Gasteiger partial charge in [0.25, 0.3) is 0 Å². The van der Waals surface area contributed by atoms with Gasteiger partial charge in [-0.05, 0) is 68.6 Å². The summed E-state index contributed by atoms with van der Waals surface area (Å²) in [5, 5.41) is 15.3. The third-order valence-corrected chi connectivity index (χ3v) is 5.93. The van der Waals surface area contributed by atoms with Gasteiger partial charge < -0.3 is 24.0 Å². The summed E-state index contributed by atoms with van der Waals surface area (Å²) in [5.41, 5.74) is 2.49. The van der Waals surface area contributed by atoms with Crippen LogP contribution in [0, 0.1) is 5.82 Å². The van der Waals surface area contributed by atoms with E-state index in [-0.39, 0.29) is 11.6 Å². The number of halogens is 1. The van der Waals surface area contributed by atoms with Crippen molar-refractivity contribution in [1.29, 1.82) is 0 Å². The molecule has 2 aromatic carbocycles. The summed E-state index contributed by atoms with van der Waals surface area (Å²) in [4.78, 5) is 2.43. The molecule has 7 heteroatoms. The van der Waals surface area contributed by atoms with Gasteiger partial charge in [-0.15, -0.1) is 0 Å². The summed E-state index contributed by atoms with van der Waals surface area (Å²) in [6, 6.07) is 10.1. The molecule has 166 valence electrons. The number of benzene rings is 2. The van der Waals surface area contributed by atoms with Crippen molar-refractivity contribution < 1.29 is 23.5 Å². The number of hydrogen-bond acceptors (Lipinski definition) is 6. The van der Waals surface area contributed by atoms with Crippen LogP contribution >= 0.6 is 0 Å². The Balaban J connectivity index is 1.20. The summed E-state index contributed by atoms with van der Waals surface area (Å²) in [6.45, 7) is 4.11. The Hall–Kier alpha value is -2.64. The largest absolute Gasteiger partial charge is 0.504 e. The molecule has 4 rings (SSSR count). The topological polar surface area (TPSA) is 68.0 Å². The molecule has 0 saturated carbocycles. The number of likely N-dealkylation sites (tertiary alicyclic amines) is 1. The molecule has 1 aromatic heterocycles. The fourth-order valence-electron chi connectivity index (χ4n) is 4.19. The highest BCUT2D eigenvalue weighted by Gasteiger charge is 2.25. The van der Waals surface area contributed by atoms with Crippen molar-refractivity contribution in [3.8, 4) is 11.5 Å². The average molecular weight is 429 g/mol. The van der Waals surface area contributed by atoms with Gasteiger partial charge in [-0.25, -0.2) is 4.39 Å². The maximum Gasteiger partial charge on any atom is 0.170 e. The summed E-state index contributed by atoms with van der Waals surface area (Å²) < 4.78 is 29.5. The van der Waals surface area contributed by atoms with Crippen molar-refractivity contribution in [2.24, 2.45) is 0 Å². The minimum absolute atomic E-state index is 0.175. The quantitative estimate of drug-likeness (QED) is 0.506. The number of phenolic OH excluding ortho intramolecular Hbond substituents is 1. The SMILES string of the molecule is COCCc1ccc(OCCCN2CCC(c3noc4cc(F)ccc34)CC2)c(O)c1. The molecule has 1 aliphatic rings. The zero-order valence-electron chi connectivity index (χ0n) is 17.8. The predicted molar refractivity (Wildman–Crippen MR) is 116 cm³/mol. The Morgan fingerprint density at radius 1 is 1.16 bits per heavy atom. The average Bonchev–Trinajstić information content (AvgIpc) is 3.19. The Labute approximate surface area is 181 Å². The van der Waals surface area contributed by atoms with E-state index >= 15 is 0 Å². The molecule has 1 aliphatic heterocycles. The summed E-state index contributed by atoms with van der Waals surface area (Å²) in [7, 11) is 1.67. The Kier molecular flexibility index (Phi) is 7.04. The van der Waals surface area contributed by atoms with E-state index in [0.717, 1.165) is 62.0 Å². The molecular formula is C24H29FN2O4. The monoisotopic (exact) mass is 428 g/mol. The van der Waals surface area contributed by atoms with E-state index in [9.17, 15) is 9.50 Å². The molecule has 0 aliphatic carbocycles. The lowest BCUT2D eigenvalue weighted by Gasteiger charge is -2.31. The van der Waals surface area contributed by atoms with Crippen LogP contribution in [0.2, 0.25) is 0 Å². The van der Waals surface area contributed by atoms with Crippen LogP contribution < -0.4 is 4.74 Å². The van der Waals surface area contributed by atoms with Crippen LogP contribution in [0.25, 0.3) is 11.0 Å². The predicted octanol–water partition coefficient (Wildman–Crippen LogP) is 4.51. The molecule has 3 aromatic rings. The van der Waals surface area contributed by atoms with Crippen molar-refractivity contribution in [1.82, 2.24) is 10.1 Å². The number of fused-ring (bicyclic) bond motifs is 1. The number of ether oxygens (including phenoxy) is 2. The van der Waals surface area contributed by atoms with Crippen molar-refractivity contribution in [2.75, 3.05) is 40.0 Å². The van der Waals surface area contributed by atoms with Crippen LogP contribution in [0.4, 0.5) is 4.39 Å². The zero-order valence-corrected chi connectivity index (χ0v) is 17.8. The maximum atomic E-state index is 13.4. The highest BCUT2D eigenvalue weighted by molar-refractivity contribution is 5.79. The smallest absolute Gasteiger partial charge is 0.170 e. The van der Waals surface area contributed by atoms with Gasteiger partial charge in [0.1, 0.15) is 5.82 Å². The van der Waals surface area contributed by atoms with Gasteiger partial charge in [-0.3, -0.25) is 0 Å². The summed E-state index contributed by atoms with van der Waals surface area (Å²) >= 11 is 0. The van der Waals surface area contributed by atoms with E-state index in [2.05, 4.69) is 10.1 Å². The second-order valence-corrected chi connectivity index (χ2v) is 8.07. The van der Waals surface area contributed by atoms with Crippen LogP contribution in [0.1, 0.15) is 36.4 Å². The molecule has 0 bridgehead atoms. The molecule has 2 heterocycles. The van der Waals surface area contributed by atoms with Crippen molar-refractivity contribution >= 4 is 11.0 Å². The standard InChI is InChI=1S/C24H29FN2O4/c1-29-14-9-17-3-6-22(21(28)15-17)30-13-2-10-27-11-7-18(8-12-27)24-20-5-4-19(25)16-23(20)31-26-24/h3-6,15-16,18,28H,2,7-14H2,1H3. The van der Waals surface area contributed by atoms with E-state index in [0.29, 0.717) is 30.5 Å². The minimum atomic E-state index is -0.303. The molecule has 1 N–H and O–H groups in total.